The minimum atomic E-state index is -0.880. The highest BCUT2D eigenvalue weighted by atomic mass is 16.4. The Morgan fingerprint density at radius 3 is 2.43 bits per heavy atom. The van der Waals surface area contributed by atoms with Gasteiger partial charge in [0, 0.05) is 35.7 Å². The number of aromatic nitrogens is 4. The van der Waals surface area contributed by atoms with E-state index in [1.54, 1.807) is 16.5 Å². The number of aryl methyl sites for hydroxylation is 3. The molecule has 1 aliphatic rings. The summed E-state index contributed by atoms with van der Waals surface area (Å²) in [6.07, 6.45) is 1.48. The second-order valence-electron chi connectivity index (χ2n) is 7.97. The Morgan fingerprint density at radius 2 is 1.82 bits per heavy atom. The lowest BCUT2D eigenvalue weighted by atomic mass is 9.82. The largest absolute Gasteiger partial charge is 0.481 e. The molecule has 0 radical (unpaired) electrons. The highest BCUT2D eigenvalue weighted by Gasteiger charge is 2.39. The second kappa shape index (κ2) is 7.33. The number of piperidine rings is 1. The molecule has 8 nitrogen and oxygen atoms in total. The molecule has 28 heavy (non-hydrogen) atoms. The topological polar surface area (TPSA) is 101 Å². The Bertz CT molecular complexity index is 916. The highest BCUT2D eigenvalue weighted by Crippen LogP contribution is 2.30. The number of hydrogen-bond acceptors (Lipinski definition) is 5. The average molecular weight is 385 g/mol. The van der Waals surface area contributed by atoms with Crippen LogP contribution >= 0.6 is 0 Å². The number of aliphatic carboxylic acids is 1. The molecule has 1 N–H and O–H groups in total. The Kier molecular flexibility index (Phi) is 5.23. The first-order valence-electron chi connectivity index (χ1n) is 9.49. The maximum Gasteiger partial charge on any atom is 0.311 e. The van der Waals surface area contributed by atoms with E-state index >= 15 is 0 Å². The minimum Gasteiger partial charge on any atom is -0.481 e. The van der Waals surface area contributed by atoms with Gasteiger partial charge in [0.15, 0.2) is 0 Å². The normalized spacial score (nSPS) is 19.7. The number of carbonyl (C=O) groups is 2. The van der Waals surface area contributed by atoms with Gasteiger partial charge >= 0.3 is 5.97 Å². The maximum atomic E-state index is 12.9. The summed E-state index contributed by atoms with van der Waals surface area (Å²) >= 11 is 0. The number of nitrogens with zero attached hydrogens (tertiary/aromatic N) is 5. The third kappa shape index (κ3) is 3.76. The van der Waals surface area contributed by atoms with E-state index in [-0.39, 0.29) is 18.9 Å². The molecule has 3 heterocycles. The summed E-state index contributed by atoms with van der Waals surface area (Å²) < 4.78 is 1.68. The van der Waals surface area contributed by atoms with E-state index in [2.05, 4.69) is 15.1 Å². The lowest BCUT2D eigenvalue weighted by molar-refractivity contribution is -0.153. The van der Waals surface area contributed by atoms with Crippen LogP contribution in [-0.2, 0) is 16.0 Å². The van der Waals surface area contributed by atoms with E-state index in [0.717, 1.165) is 28.3 Å². The van der Waals surface area contributed by atoms with Crippen LogP contribution in [0.25, 0.3) is 5.95 Å². The van der Waals surface area contributed by atoms with Crippen LogP contribution in [0.2, 0.25) is 0 Å². The highest BCUT2D eigenvalue weighted by molar-refractivity contribution is 5.81. The summed E-state index contributed by atoms with van der Waals surface area (Å²) in [6, 6.07) is 1.90. The molecule has 2 aromatic heterocycles. The average Bonchev–Trinajstić information content (AvgIpc) is 2.89. The summed E-state index contributed by atoms with van der Waals surface area (Å²) in [4.78, 5) is 35.0. The van der Waals surface area contributed by atoms with Crippen LogP contribution in [0.15, 0.2) is 6.07 Å². The monoisotopic (exact) mass is 385 g/mol. The van der Waals surface area contributed by atoms with Crippen molar-refractivity contribution < 1.29 is 14.7 Å². The second-order valence-corrected chi connectivity index (χ2v) is 7.97. The summed E-state index contributed by atoms with van der Waals surface area (Å²) in [7, 11) is 0. The van der Waals surface area contributed by atoms with Crippen molar-refractivity contribution in [3.8, 4) is 5.95 Å². The zero-order valence-corrected chi connectivity index (χ0v) is 17.1. The van der Waals surface area contributed by atoms with E-state index < -0.39 is 11.4 Å². The van der Waals surface area contributed by atoms with Crippen LogP contribution in [0.5, 0.6) is 0 Å². The quantitative estimate of drug-likeness (QED) is 0.865. The third-order valence-electron chi connectivity index (χ3n) is 5.49. The lowest BCUT2D eigenvalue weighted by Crippen LogP contribution is -2.48. The number of hydrogen-bond donors (Lipinski definition) is 1. The molecular formula is C20H27N5O3. The van der Waals surface area contributed by atoms with E-state index in [1.165, 1.54) is 0 Å². The van der Waals surface area contributed by atoms with E-state index in [4.69, 9.17) is 0 Å². The number of carbonyl (C=O) groups excluding carboxylic acids is 1. The molecule has 1 aliphatic heterocycles. The third-order valence-corrected chi connectivity index (χ3v) is 5.49. The standard InChI is InChI=1S/C20H27N5O3/c1-12-9-13(2)22-19(21-12)25-15(4)16(14(3)23-25)10-17(26)24-8-6-7-20(5,11-24)18(27)28/h9H,6-8,10-11H2,1-5H3,(H,27,28). The van der Waals surface area contributed by atoms with Crippen molar-refractivity contribution in [2.24, 2.45) is 5.41 Å². The van der Waals surface area contributed by atoms with Gasteiger partial charge in [-0.2, -0.15) is 5.10 Å². The zero-order chi connectivity index (χ0) is 20.6. The Labute approximate surface area is 164 Å². The molecule has 1 amide bonds. The van der Waals surface area contributed by atoms with E-state index in [0.29, 0.717) is 25.3 Å². The fraction of sp³-hybridized carbons (Fsp3) is 0.550. The lowest BCUT2D eigenvalue weighted by Gasteiger charge is -2.37. The van der Waals surface area contributed by atoms with Crippen molar-refractivity contribution in [1.82, 2.24) is 24.6 Å². The van der Waals surface area contributed by atoms with Crippen LogP contribution < -0.4 is 0 Å². The molecule has 0 aliphatic carbocycles. The number of carboxylic acid groups (broad SMARTS) is 1. The van der Waals surface area contributed by atoms with Crippen LogP contribution in [0.1, 0.15) is 48.1 Å². The molecule has 150 valence electrons. The van der Waals surface area contributed by atoms with Gasteiger partial charge in [0.2, 0.25) is 5.91 Å². The van der Waals surface area contributed by atoms with Gasteiger partial charge in [-0.05, 0) is 53.5 Å². The first kappa shape index (κ1) is 20.0. The minimum absolute atomic E-state index is 0.0701. The van der Waals surface area contributed by atoms with E-state index in [9.17, 15) is 14.7 Å². The van der Waals surface area contributed by atoms with Crippen molar-refractivity contribution in [1.29, 1.82) is 0 Å². The number of carboxylic acids is 1. The fourth-order valence-electron chi connectivity index (χ4n) is 3.82. The predicted molar refractivity (Wildman–Crippen MR) is 103 cm³/mol. The van der Waals surface area contributed by atoms with Gasteiger partial charge in [-0.15, -0.1) is 0 Å². The molecule has 3 rings (SSSR count). The molecule has 1 saturated heterocycles. The van der Waals surface area contributed by atoms with Gasteiger partial charge in [-0.1, -0.05) is 0 Å². The van der Waals surface area contributed by atoms with Crippen LogP contribution in [0, 0.1) is 33.1 Å². The zero-order valence-electron chi connectivity index (χ0n) is 17.1. The van der Waals surface area contributed by atoms with Crippen molar-refractivity contribution in [3.63, 3.8) is 0 Å². The van der Waals surface area contributed by atoms with Gasteiger partial charge in [0.25, 0.3) is 5.95 Å². The van der Waals surface area contributed by atoms with Crippen LogP contribution in [0.4, 0.5) is 0 Å². The number of rotatable bonds is 4. The first-order valence-corrected chi connectivity index (χ1v) is 9.49. The molecule has 1 fully saturated rings. The molecule has 0 aromatic carbocycles. The SMILES string of the molecule is Cc1cc(C)nc(-n2nc(C)c(CC(=O)N3CCCC(C)(C(=O)O)C3)c2C)n1. The van der Waals surface area contributed by atoms with Gasteiger partial charge < -0.3 is 10.0 Å². The predicted octanol–water partition coefficient (Wildman–Crippen LogP) is 2.15. The molecule has 0 bridgehead atoms. The smallest absolute Gasteiger partial charge is 0.311 e. The Morgan fingerprint density at radius 1 is 1.18 bits per heavy atom. The Hall–Kier alpha value is -2.77. The van der Waals surface area contributed by atoms with Gasteiger partial charge in [-0.25, -0.2) is 14.6 Å². The van der Waals surface area contributed by atoms with Crippen molar-refractivity contribution in [2.45, 2.75) is 53.9 Å². The van der Waals surface area contributed by atoms with Crippen LogP contribution in [0.3, 0.4) is 0 Å². The van der Waals surface area contributed by atoms with Crippen LogP contribution in [-0.4, -0.2) is 54.7 Å². The fourth-order valence-corrected chi connectivity index (χ4v) is 3.82. The molecule has 1 atom stereocenters. The van der Waals surface area contributed by atoms with E-state index in [1.807, 2.05) is 33.8 Å². The molecule has 1 unspecified atom stereocenters. The van der Waals surface area contributed by atoms with Crippen molar-refractivity contribution >= 4 is 11.9 Å². The van der Waals surface area contributed by atoms with Crippen molar-refractivity contribution in [2.75, 3.05) is 13.1 Å². The van der Waals surface area contributed by atoms with Crippen molar-refractivity contribution in [3.05, 3.63) is 34.4 Å². The summed E-state index contributed by atoms with van der Waals surface area (Å²) in [5, 5.41) is 14.0. The molecule has 2 aromatic rings. The van der Waals surface area contributed by atoms with Gasteiger partial charge in [0.1, 0.15) is 0 Å². The number of amides is 1. The molecular weight excluding hydrogens is 358 g/mol. The molecule has 0 spiro atoms. The Balaban J connectivity index is 1.84. The molecule has 8 heteroatoms. The van der Waals surface area contributed by atoms with Gasteiger partial charge in [0.05, 0.1) is 17.5 Å². The summed E-state index contributed by atoms with van der Waals surface area (Å²) in [5.41, 5.74) is 3.26. The maximum absolute atomic E-state index is 12.9. The molecule has 0 saturated carbocycles. The number of likely N-dealkylation sites (tertiary alicyclic amines) is 1. The summed E-state index contributed by atoms with van der Waals surface area (Å²) in [5.74, 6) is -0.426. The summed E-state index contributed by atoms with van der Waals surface area (Å²) in [6.45, 7) is 10.1. The van der Waals surface area contributed by atoms with Gasteiger partial charge in [-0.3, -0.25) is 9.59 Å². The first-order chi connectivity index (χ1) is 13.1.